The molecule has 0 saturated carbocycles. The molecule has 176 valence electrons. The highest BCUT2D eigenvalue weighted by Crippen LogP contribution is 2.34. The molecule has 0 spiro atoms. The molecule has 2 atom stereocenters. The SMILES string of the molecule is CCCCCCN1C(=O)/C(=C/c2c(N3C[C@@H](C)C[C@H](C)C3)nc3ccccn3c2=O)SC1=S. The number of thioether (sulfide) groups is 1. The molecule has 0 radical (unpaired) electrons. The van der Waals surface area contributed by atoms with Crippen molar-refractivity contribution >= 4 is 51.7 Å². The Balaban J connectivity index is 1.73. The molecule has 2 aromatic rings. The second-order valence-electron chi connectivity index (χ2n) is 9.33. The molecular weight excluding hydrogens is 452 g/mol. The number of rotatable bonds is 7. The monoisotopic (exact) mass is 484 g/mol. The van der Waals surface area contributed by atoms with E-state index in [1.54, 1.807) is 21.6 Å². The number of anilines is 1. The van der Waals surface area contributed by atoms with Crippen LogP contribution in [0.3, 0.4) is 0 Å². The van der Waals surface area contributed by atoms with Gasteiger partial charge in [0, 0.05) is 25.8 Å². The lowest BCUT2D eigenvalue weighted by molar-refractivity contribution is -0.122. The summed E-state index contributed by atoms with van der Waals surface area (Å²) in [5.74, 6) is 1.58. The molecule has 4 heterocycles. The van der Waals surface area contributed by atoms with Crippen LogP contribution in [0.15, 0.2) is 34.1 Å². The van der Waals surface area contributed by atoms with Crippen LogP contribution >= 0.6 is 24.0 Å². The number of amides is 1. The van der Waals surface area contributed by atoms with E-state index in [0.29, 0.717) is 44.6 Å². The number of carbonyl (C=O) groups excluding carboxylic acids is 1. The van der Waals surface area contributed by atoms with E-state index >= 15 is 0 Å². The number of thiocarbonyl (C=S) groups is 1. The number of pyridine rings is 1. The number of hydrogen-bond acceptors (Lipinski definition) is 6. The molecule has 0 N–H and O–H groups in total. The third kappa shape index (κ3) is 5.17. The zero-order valence-corrected chi connectivity index (χ0v) is 21.3. The van der Waals surface area contributed by atoms with Crippen molar-refractivity contribution < 1.29 is 4.79 Å². The van der Waals surface area contributed by atoms with Crippen molar-refractivity contribution in [3.63, 3.8) is 0 Å². The average Bonchev–Trinajstić information content (AvgIpc) is 3.05. The Labute approximate surface area is 205 Å². The topological polar surface area (TPSA) is 57.9 Å². The van der Waals surface area contributed by atoms with Gasteiger partial charge in [0.15, 0.2) is 0 Å². The van der Waals surface area contributed by atoms with Crippen molar-refractivity contribution in [3.8, 4) is 0 Å². The first-order chi connectivity index (χ1) is 15.9. The standard InChI is InChI=1S/C25H32N4O2S2/c1-4-5-6-8-12-29-24(31)20(33-25(29)32)14-19-22(27-15-17(2)13-18(3)16-27)26-21-10-7-9-11-28(21)23(19)30/h7,9-11,14,17-18H,4-6,8,12-13,15-16H2,1-3H3/b20-14-/t17-,18-/m0/s1. The molecule has 8 heteroatoms. The molecule has 2 aliphatic rings. The first-order valence-electron chi connectivity index (χ1n) is 11.9. The van der Waals surface area contributed by atoms with E-state index in [0.717, 1.165) is 45.2 Å². The molecule has 2 saturated heterocycles. The third-order valence-corrected chi connectivity index (χ3v) is 7.68. The maximum Gasteiger partial charge on any atom is 0.267 e. The molecule has 1 amide bonds. The van der Waals surface area contributed by atoms with Gasteiger partial charge in [0.25, 0.3) is 11.5 Å². The van der Waals surface area contributed by atoms with Crippen molar-refractivity contribution in [3.05, 3.63) is 45.2 Å². The van der Waals surface area contributed by atoms with Gasteiger partial charge in [-0.1, -0.05) is 70.1 Å². The Bertz CT molecular complexity index is 1130. The van der Waals surface area contributed by atoms with Gasteiger partial charge < -0.3 is 4.90 Å². The van der Waals surface area contributed by atoms with Gasteiger partial charge in [0.1, 0.15) is 15.8 Å². The van der Waals surface area contributed by atoms with Crippen LogP contribution in [0.4, 0.5) is 5.82 Å². The average molecular weight is 485 g/mol. The second-order valence-corrected chi connectivity index (χ2v) is 11.0. The van der Waals surface area contributed by atoms with Gasteiger partial charge in [-0.2, -0.15) is 0 Å². The molecule has 0 bridgehead atoms. The van der Waals surface area contributed by atoms with Crippen molar-refractivity contribution in [2.45, 2.75) is 52.9 Å². The summed E-state index contributed by atoms with van der Waals surface area (Å²) in [4.78, 5) is 36.0. The predicted octanol–water partition coefficient (Wildman–Crippen LogP) is 4.96. The smallest absolute Gasteiger partial charge is 0.267 e. The van der Waals surface area contributed by atoms with Crippen LogP contribution in [0, 0.1) is 11.8 Å². The fourth-order valence-corrected chi connectivity index (χ4v) is 6.11. The predicted molar refractivity (Wildman–Crippen MR) is 141 cm³/mol. The van der Waals surface area contributed by atoms with Crippen molar-refractivity contribution in [2.24, 2.45) is 11.8 Å². The van der Waals surface area contributed by atoms with Crippen LogP contribution in [0.2, 0.25) is 0 Å². The van der Waals surface area contributed by atoms with E-state index in [2.05, 4.69) is 25.7 Å². The first kappa shape index (κ1) is 24.0. The van der Waals surface area contributed by atoms with Gasteiger partial charge >= 0.3 is 0 Å². The summed E-state index contributed by atoms with van der Waals surface area (Å²) in [5.41, 5.74) is 0.921. The number of unbranched alkanes of at least 4 members (excludes halogenated alkanes) is 3. The van der Waals surface area contributed by atoms with E-state index in [4.69, 9.17) is 17.2 Å². The number of carbonyl (C=O) groups is 1. The largest absolute Gasteiger partial charge is 0.355 e. The highest BCUT2D eigenvalue weighted by molar-refractivity contribution is 8.26. The summed E-state index contributed by atoms with van der Waals surface area (Å²) in [6.45, 7) is 8.96. The van der Waals surface area contributed by atoms with Gasteiger partial charge in [-0.05, 0) is 42.9 Å². The zero-order valence-electron chi connectivity index (χ0n) is 19.6. The molecule has 33 heavy (non-hydrogen) atoms. The summed E-state index contributed by atoms with van der Waals surface area (Å²) in [6.07, 6.45) is 8.93. The van der Waals surface area contributed by atoms with Gasteiger partial charge in [0.2, 0.25) is 0 Å². The number of aromatic nitrogens is 2. The van der Waals surface area contributed by atoms with Gasteiger partial charge in [0.05, 0.1) is 10.5 Å². The Hall–Kier alpha value is -2.19. The van der Waals surface area contributed by atoms with E-state index in [1.165, 1.54) is 11.8 Å². The fourth-order valence-electron chi connectivity index (χ4n) is 4.81. The van der Waals surface area contributed by atoms with Gasteiger partial charge in [-0.3, -0.25) is 18.9 Å². The van der Waals surface area contributed by atoms with Gasteiger partial charge in [-0.25, -0.2) is 4.98 Å². The van der Waals surface area contributed by atoms with Crippen molar-refractivity contribution in [2.75, 3.05) is 24.5 Å². The second kappa shape index (κ2) is 10.4. The Morgan fingerprint density at radius 2 is 1.91 bits per heavy atom. The molecule has 2 fully saturated rings. The minimum Gasteiger partial charge on any atom is -0.355 e. The summed E-state index contributed by atoms with van der Waals surface area (Å²) >= 11 is 6.79. The van der Waals surface area contributed by atoms with E-state index in [1.807, 2.05) is 18.2 Å². The van der Waals surface area contributed by atoms with Crippen LogP contribution in [0.5, 0.6) is 0 Å². The molecule has 4 rings (SSSR count). The van der Waals surface area contributed by atoms with Crippen LogP contribution in [-0.4, -0.2) is 44.1 Å². The summed E-state index contributed by atoms with van der Waals surface area (Å²) in [7, 11) is 0. The molecule has 6 nitrogen and oxygen atoms in total. The highest BCUT2D eigenvalue weighted by Gasteiger charge is 2.33. The number of fused-ring (bicyclic) bond motifs is 1. The summed E-state index contributed by atoms with van der Waals surface area (Å²) in [5, 5.41) is 0. The van der Waals surface area contributed by atoms with E-state index in [9.17, 15) is 9.59 Å². The Morgan fingerprint density at radius 1 is 1.15 bits per heavy atom. The summed E-state index contributed by atoms with van der Waals surface area (Å²) < 4.78 is 2.12. The first-order valence-corrected chi connectivity index (χ1v) is 13.1. The quantitative estimate of drug-likeness (QED) is 0.315. The molecule has 0 aliphatic carbocycles. The Morgan fingerprint density at radius 3 is 2.64 bits per heavy atom. The van der Waals surface area contributed by atoms with Crippen LogP contribution in [0.1, 0.15) is 58.4 Å². The van der Waals surface area contributed by atoms with E-state index < -0.39 is 0 Å². The molecular formula is C25H32N4O2S2. The van der Waals surface area contributed by atoms with Crippen LogP contribution in [-0.2, 0) is 4.79 Å². The molecule has 2 aromatic heterocycles. The normalized spacial score (nSPS) is 22.7. The molecule has 0 unspecified atom stereocenters. The van der Waals surface area contributed by atoms with Crippen molar-refractivity contribution in [1.82, 2.24) is 14.3 Å². The Kier molecular flexibility index (Phi) is 7.54. The van der Waals surface area contributed by atoms with Gasteiger partial charge in [-0.15, -0.1) is 0 Å². The van der Waals surface area contributed by atoms with E-state index in [-0.39, 0.29) is 11.5 Å². The van der Waals surface area contributed by atoms with Crippen molar-refractivity contribution in [1.29, 1.82) is 0 Å². The fraction of sp³-hybridized carbons (Fsp3) is 0.520. The third-order valence-electron chi connectivity index (χ3n) is 6.30. The lowest BCUT2D eigenvalue weighted by atomic mass is 9.91. The minimum absolute atomic E-state index is 0.106. The van der Waals surface area contributed by atoms with Crippen LogP contribution < -0.4 is 10.5 Å². The molecule has 0 aromatic carbocycles. The van der Waals surface area contributed by atoms with Crippen LogP contribution in [0.25, 0.3) is 11.7 Å². The number of hydrogen-bond donors (Lipinski definition) is 0. The zero-order chi connectivity index (χ0) is 23.5. The summed E-state index contributed by atoms with van der Waals surface area (Å²) in [6, 6.07) is 5.55. The highest BCUT2D eigenvalue weighted by atomic mass is 32.2. The molecule has 2 aliphatic heterocycles. The minimum atomic E-state index is -0.158. The number of piperidine rings is 1. The lowest BCUT2D eigenvalue weighted by Crippen LogP contribution is -2.40. The number of nitrogens with zero attached hydrogens (tertiary/aromatic N) is 4. The maximum absolute atomic E-state index is 13.5. The lowest BCUT2D eigenvalue weighted by Gasteiger charge is -2.36. The maximum atomic E-state index is 13.5.